The van der Waals surface area contributed by atoms with Gasteiger partial charge in [0.25, 0.3) is 0 Å². The lowest BCUT2D eigenvalue weighted by molar-refractivity contribution is -0.143. The molecule has 0 amide bonds. The molecule has 1 unspecified atom stereocenters. The molecule has 0 aliphatic rings. The number of ether oxygens (including phenoxy) is 1. The Morgan fingerprint density at radius 3 is 2.73 bits per heavy atom. The van der Waals surface area contributed by atoms with Crippen molar-refractivity contribution in [3.05, 3.63) is 48.0 Å². The third-order valence-electron chi connectivity index (χ3n) is 1.82. The third kappa shape index (κ3) is 4.98. The van der Waals surface area contributed by atoms with Crippen LogP contribution in [0, 0.1) is 0 Å². The fraction of sp³-hybridized carbons (Fsp3) is 0.250. The van der Waals surface area contributed by atoms with E-state index in [1.54, 1.807) is 6.08 Å². The Kier molecular flexibility index (Phi) is 4.57. The number of rotatable bonds is 4. The van der Waals surface area contributed by atoms with Gasteiger partial charge in [0.2, 0.25) is 0 Å². The second-order valence-electron chi connectivity index (χ2n) is 3.19. The van der Waals surface area contributed by atoms with Crippen LogP contribution in [-0.4, -0.2) is 12.2 Å². The summed E-state index contributed by atoms with van der Waals surface area (Å²) in [6.07, 6.45) is 3.71. The normalized spacial score (nSPS) is 12.7. The molecule has 1 rings (SSSR count). The van der Waals surface area contributed by atoms with Crippen molar-refractivity contribution >= 4 is 5.97 Å². The number of allylic oxidation sites excluding steroid dienone is 1. The van der Waals surface area contributed by atoms with Crippen molar-refractivity contribution in [1.82, 2.24) is 0 Å². The number of esters is 1. The molecule has 1 aromatic carbocycles. The van der Waals surface area contributed by atoms with E-state index in [1.807, 2.05) is 36.4 Å². The highest BCUT2D eigenvalue weighted by atomic mass is 16.5. The first-order valence-electron chi connectivity index (χ1n) is 4.82. The first kappa shape index (κ1) is 11.5. The molecule has 0 radical (unpaired) electrons. The van der Waals surface area contributed by atoms with Crippen LogP contribution in [0.4, 0.5) is 0 Å². The minimum absolute atomic E-state index is 0.369. The summed E-state index contributed by atoms with van der Waals surface area (Å²) < 4.78 is 4.74. The van der Waals surface area contributed by atoms with Gasteiger partial charge in [-0.25, -0.2) is 0 Å². The fourth-order valence-electron chi connectivity index (χ4n) is 1.18. The van der Waals surface area contributed by atoms with E-state index < -0.39 is 6.23 Å². The molecular weight excluding hydrogens is 190 g/mol. The summed E-state index contributed by atoms with van der Waals surface area (Å²) in [7, 11) is 0. The van der Waals surface area contributed by atoms with Crippen molar-refractivity contribution < 1.29 is 9.53 Å². The highest BCUT2D eigenvalue weighted by molar-refractivity contribution is 5.66. The van der Waals surface area contributed by atoms with E-state index in [0.29, 0.717) is 0 Å². The van der Waals surface area contributed by atoms with E-state index in [-0.39, 0.29) is 5.97 Å². The van der Waals surface area contributed by atoms with Gasteiger partial charge in [-0.3, -0.25) is 10.5 Å². The summed E-state index contributed by atoms with van der Waals surface area (Å²) in [4.78, 5) is 10.6. The van der Waals surface area contributed by atoms with Gasteiger partial charge in [0.1, 0.15) is 0 Å². The van der Waals surface area contributed by atoms with E-state index in [4.69, 9.17) is 10.5 Å². The van der Waals surface area contributed by atoms with E-state index in [0.717, 1.165) is 6.42 Å². The molecule has 80 valence electrons. The molecule has 1 atom stereocenters. The smallest absolute Gasteiger partial charge is 0.304 e. The Labute approximate surface area is 89.5 Å². The molecule has 3 nitrogen and oxygen atoms in total. The number of carbonyl (C=O) groups is 1. The molecule has 0 aromatic heterocycles. The molecule has 0 heterocycles. The predicted octanol–water partition coefficient (Wildman–Crippen LogP) is 1.63. The zero-order chi connectivity index (χ0) is 11.1. The van der Waals surface area contributed by atoms with Crippen molar-refractivity contribution in [3.8, 4) is 0 Å². The van der Waals surface area contributed by atoms with Crippen molar-refractivity contribution in [2.45, 2.75) is 19.6 Å². The summed E-state index contributed by atoms with van der Waals surface area (Å²) in [5.41, 5.74) is 6.71. The van der Waals surface area contributed by atoms with Gasteiger partial charge in [-0.2, -0.15) is 0 Å². The first-order chi connectivity index (χ1) is 7.18. The Bertz CT molecular complexity index is 333. The maximum atomic E-state index is 10.6. The van der Waals surface area contributed by atoms with Crippen LogP contribution in [0.15, 0.2) is 42.5 Å². The Balaban J connectivity index is 2.36. The van der Waals surface area contributed by atoms with Crippen molar-refractivity contribution in [3.63, 3.8) is 0 Å². The SMILES string of the molecule is CC(=O)OC(N)C=CCc1ccccc1. The van der Waals surface area contributed by atoms with Gasteiger partial charge >= 0.3 is 5.97 Å². The van der Waals surface area contributed by atoms with Crippen molar-refractivity contribution in [2.75, 3.05) is 0 Å². The van der Waals surface area contributed by atoms with Crippen LogP contribution in [-0.2, 0) is 16.0 Å². The highest BCUT2D eigenvalue weighted by Gasteiger charge is 1.99. The van der Waals surface area contributed by atoms with Crippen molar-refractivity contribution in [2.24, 2.45) is 5.73 Å². The minimum Gasteiger partial charge on any atom is -0.443 e. The quantitative estimate of drug-likeness (QED) is 0.462. The summed E-state index contributed by atoms with van der Waals surface area (Å²) >= 11 is 0. The largest absolute Gasteiger partial charge is 0.443 e. The lowest BCUT2D eigenvalue weighted by Crippen LogP contribution is -2.23. The zero-order valence-corrected chi connectivity index (χ0v) is 8.72. The zero-order valence-electron chi connectivity index (χ0n) is 8.72. The van der Waals surface area contributed by atoms with Crippen LogP contribution < -0.4 is 5.73 Å². The summed E-state index contributed by atoms with van der Waals surface area (Å²) in [6.45, 7) is 1.34. The minimum atomic E-state index is -0.647. The number of hydrogen-bond donors (Lipinski definition) is 1. The van der Waals surface area contributed by atoms with Crippen LogP contribution >= 0.6 is 0 Å². The summed E-state index contributed by atoms with van der Waals surface area (Å²) in [6, 6.07) is 9.99. The number of hydrogen-bond acceptors (Lipinski definition) is 3. The third-order valence-corrected chi connectivity index (χ3v) is 1.82. The number of nitrogens with two attached hydrogens (primary N) is 1. The maximum Gasteiger partial charge on any atom is 0.304 e. The monoisotopic (exact) mass is 205 g/mol. The molecule has 0 fully saturated rings. The topological polar surface area (TPSA) is 52.3 Å². The lowest BCUT2D eigenvalue weighted by atomic mass is 10.1. The second-order valence-corrected chi connectivity index (χ2v) is 3.19. The molecule has 0 saturated heterocycles. The van der Waals surface area contributed by atoms with Crippen LogP contribution in [0.25, 0.3) is 0 Å². The molecule has 0 aliphatic heterocycles. The van der Waals surface area contributed by atoms with E-state index in [9.17, 15) is 4.79 Å². The van der Waals surface area contributed by atoms with Gasteiger partial charge in [-0.1, -0.05) is 36.4 Å². The van der Waals surface area contributed by atoms with Crippen LogP contribution in [0.5, 0.6) is 0 Å². The highest BCUT2D eigenvalue weighted by Crippen LogP contribution is 2.00. The Hall–Kier alpha value is -1.61. The molecular formula is C12H15NO2. The average Bonchev–Trinajstić information content (AvgIpc) is 2.18. The molecule has 0 bridgehead atoms. The lowest BCUT2D eigenvalue weighted by Gasteiger charge is -2.05. The van der Waals surface area contributed by atoms with Gasteiger partial charge < -0.3 is 4.74 Å². The average molecular weight is 205 g/mol. The summed E-state index contributed by atoms with van der Waals surface area (Å²) in [5, 5.41) is 0. The predicted molar refractivity (Wildman–Crippen MR) is 59.0 cm³/mol. The summed E-state index contributed by atoms with van der Waals surface area (Å²) in [5.74, 6) is -0.369. The van der Waals surface area contributed by atoms with Crippen LogP contribution in [0.3, 0.4) is 0 Å². The molecule has 0 spiro atoms. The van der Waals surface area contributed by atoms with Gasteiger partial charge in [0.15, 0.2) is 6.23 Å². The van der Waals surface area contributed by atoms with Gasteiger partial charge in [0.05, 0.1) is 0 Å². The van der Waals surface area contributed by atoms with Gasteiger partial charge in [0, 0.05) is 6.92 Å². The van der Waals surface area contributed by atoms with Gasteiger partial charge in [-0.15, -0.1) is 0 Å². The second kappa shape index (κ2) is 5.98. The molecule has 0 aliphatic carbocycles. The number of benzene rings is 1. The molecule has 0 saturated carbocycles. The van der Waals surface area contributed by atoms with E-state index in [2.05, 4.69) is 0 Å². The Morgan fingerprint density at radius 2 is 2.13 bits per heavy atom. The molecule has 2 N–H and O–H groups in total. The maximum absolute atomic E-state index is 10.6. The Morgan fingerprint density at radius 1 is 1.47 bits per heavy atom. The molecule has 3 heteroatoms. The van der Waals surface area contributed by atoms with Gasteiger partial charge in [-0.05, 0) is 18.1 Å². The first-order valence-corrected chi connectivity index (χ1v) is 4.82. The van der Waals surface area contributed by atoms with Crippen LogP contribution in [0.1, 0.15) is 12.5 Å². The van der Waals surface area contributed by atoms with Crippen molar-refractivity contribution in [1.29, 1.82) is 0 Å². The van der Waals surface area contributed by atoms with Crippen LogP contribution in [0.2, 0.25) is 0 Å². The fourth-order valence-corrected chi connectivity index (χ4v) is 1.18. The standard InChI is InChI=1S/C12H15NO2/c1-10(14)15-12(13)9-5-8-11-6-3-2-4-7-11/h2-7,9,12H,8,13H2,1H3. The molecule has 15 heavy (non-hydrogen) atoms. The van der Waals surface area contributed by atoms with E-state index in [1.165, 1.54) is 12.5 Å². The van der Waals surface area contributed by atoms with E-state index >= 15 is 0 Å². The number of carbonyl (C=O) groups excluding carboxylic acids is 1. The molecule has 1 aromatic rings.